The van der Waals surface area contributed by atoms with E-state index in [2.05, 4.69) is 0 Å². The lowest BCUT2D eigenvalue weighted by atomic mass is 10.1. The van der Waals surface area contributed by atoms with Crippen molar-refractivity contribution in [3.8, 4) is 17.6 Å². The number of nitrogens with zero attached hydrogens (tertiary/aromatic N) is 2. The maximum Gasteiger partial charge on any atom is 0.258 e. The summed E-state index contributed by atoms with van der Waals surface area (Å²) in [5.41, 5.74) is 0.137. The van der Waals surface area contributed by atoms with Crippen LogP contribution in [0.3, 0.4) is 0 Å². The van der Waals surface area contributed by atoms with Gasteiger partial charge in [0.2, 0.25) is 0 Å². The summed E-state index contributed by atoms with van der Waals surface area (Å²) < 4.78 is 4.95. The van der Waals surface area contributed by atoms with Gasteiger partial charge in [0.15, 0.2) is 11.5 Å². The fourth-order valence-corrected chi connectivity index (χ4v) is 1.58. The molecule has 0 unspecified atom stereocenters. The number of carbonyl (C=O) groups excluding carboxylic acids is 1. The molecule has 0 aliphatic heterocycles. The Balaban J connectivity index is 3.13. The number of phenolic OH excluding ortho intramolecular Hbond substituents is 1. The van der Waals surface area contributed by atoms with E-state index in [4.69, 9.17) is 10.00 Å². The number of nitriles is 1. The summed E-state index contributed by atoms with van der Waals surface area (Å²) in [4.78, 5) is 13.6. The molecule has 0 atom stereocenters. The Morgan fingerprint density at radius 2 is 2.22 bits per heavy atom. The summed E-state index contributed by atoms with van der Waals surface area (Å²) in [5, 5.41) is 18.6. The molecule has 0 bridgehead atoms. The third-order valence-corrected chi connectivity index (χ3v) is 2.57. The van der Waals surface area contributed by atoms with E-state index in [9.17, 15) is 9.90 Å². The first-order valence-corrected chi connectivity index (χ1v) is 5.56. The zero-order valence-electron chi connectivity index (χ0n) is 10.7. The van der Waals surface area contributed by atoms with E-state index in [0.29, 0.717) is 0 Å². The Hall–Kier alpha value is -2.22. The minimum atomic E-state index is -0.386. The van der Waals surface area contributed by atoms with Crippen molar-refractivity contribution in [2.75, 3.05) is 13.7 Å². The van der Waals surface area contributed by atoms with Crippen LogP contribution in [0.25, 0.3) is 0 Å². The van der Waals surface area contributed by atoms with Crippen LogP contribution in [0.1, 0.15) is 24.2 Å². The van der Waals surface area contributed by atoms with Crippen LogP contribution in [-0.2, 0) is 0 Å². The van der Waals surface area contributed by atoms with Gasteiger partial charge in [-0.15, -0.1) is 0 Å². The van der Waals surface area contributed by atoms with Gasteiger partial charge < -0.3 is 14.7 Å². The van der Waals surface area contributed by atoms with Gasteiger partial charge >= 0.3 is 0 Å². The first-order valence-electron chi connectivity index (χ1n) is 5.56. The van der Waals surface area contributed by atoms with E-state index in [1.54, 1.807) is 12.1 Å². The molecule has 5 heteroatoms. The molecule has 1 aromatic carbocycles. The lowest BCUT2D eigenvalue weighted by molar-refractivity contribution is 0.0727. The minimum absolute atomic E-state index is 0.0207. The zero-order valence-corrected chi connectivity index (χ0v) is 10.7. The molecule has 0 saturated carbocycles. The van der Waals surface area contributed by atoms with Gasteiger partial charge in [-0.1, -0.05) is 6.07 Å². The summed E-state index contributed by atoms with van der Waals surface area (Å²) in [7, 11) is 1.42. The molecule has 0 spiro atoms. The van der Waals surface area contributed by atoms with Crippen molar-refractivity contribution in [2.45, 2.75) is 19.9 Å². The number of hydrogen-bond donors (Lipinski definition) is 1. The Labute approximate surface area is 106 Å². The van der Waals surface area contributed by atoms with Gasteiger partial charge in [-0.05, 0) is 26.0 Å². The van der Waals surface area contributed by atoms with E-state index in [1.807, 2.05) is 19.9 Å². The van der Waals surface area contributed by atoms with Crippen LogP contribution in [0.4, 0.5) is 0 Å². The molecule has 0 heterocycles. The third kappa shape index (κ3) is 2.72. The highest BCUT2D eigenvalue weighted by molar-refractivity contribution is 5.98. The number of amides is 1. The highest BCUT2D eigenvalue weighted by Crippen LogP contribution is 2.30. The quantitative estimate of drug-likeness (QED) is 0.824. The van der Waals surface area contributed by atoms with Gasteiger partial charge in [-0.2, -0.15) is 5.26 Å². The fraction of sp³-hybridized carbons (Fsp3) is 0.385. The van der Waals surface area contributed by atoms with Gasteiger partial charge in [0, 0.05) is 6.04 Å². The van der Waals surface area contributed by atoms with Crippen molar-refractivity contribution in [1.29, 1.82) is 5.26 Å². The van der Waals surface area contributed by atoms with Gasteiger partial charge in [-0.25, -0.2) is 0 Å². The van der Waals surface area contributed by atoms with Gasteiger partial charge in [0.25, 0.3) is 5.91 Å². The number of aromatic hydroxyl groups is 1. The Bertz CT molecular complexity index is 478. The van der Waals surface area contributed by atoms with Crippen molar-refractivity contribution < 1.29 is 14.6 Å². The summed E-state index contributed by atoms with van der Waals surface area (Å²) in [6, 6.07) is 6.51. The molecule has 5 nitrogen and oxygen atoms in total. The maximum atomic E-state index is 12.2. The topological polar surface area (TPSA) is 73.6 Å². The van der Waals surface area contributed by atoms with Crippen molar-refractivity contribution in [3.63, 3.8) is 0 Å². The number of hydrogen-bond acceptors (Lipinski definition) is 4. The molecule has 1 aromatic rings. The van der Waals surface area contributed by atoms with Gasteiger partial charge in [-0.3, -0.25) is 4.79 Å². The van der Waals surface area contributed by atoms with E-state index in [-0.39, 0.29) is 35.6 Å². The van der Waals surface area contributed by atoms with Crippen molar-refractivity contribution in [1.82, 2.24) is 4.90 Å². The number of phenols is 1. The molecule has 0 saturated heterocycles. The van der Waals surface area contributed by atoms with Crippen LogP contribution < -0.4 is 4.74 Å². The number of para-hydroxylation sites is 1. The van der Waals surface area contributed by atoms with Crippen LogP contribution >= 0.6 is 0 Å². The lowest BCUT2D eigenvalue weighted by Gasteiger charge is -2.24. The average molecular weight is 248 g/mol. The molecular formula is C13H16N2O3. The molecule has 0 radical (unpaired) electrons. The lowest BCUT2D eigenvalue weighted by Crippen LogP contribution is -2.37. The number of benzene rings is 1. The van der Waals surface area contributed by atoms with Gasteiger partial charge in [0.1, 0.15) is 6.54 Å². The Morgan fingerprint density at radius 3 is 2.72 bits per heavy atom. The second kappa shape index (κ2) is 5.92. The molecule has 0 aliphatic rings. The van der Waals surface area contributed by atoms with E-state index >= 15 is 0 Å². The highest BCUT2D eigenvalue weighted by Gasteiger charge is 2.22. The van der Waals surface area contributed by atoms with Crippen LogP contribution in [0.5, 0.6) is 11.5 Å². The molecule has 1 amide bonds. The molecule has 18 heavy (non-hydrogen) atoms. The second-order valence-corrected chi connectivity index (χ2v) is 4.04. The largest absolute Gasteiger partial charge is 0.504 e. The molecule has 1 rings (SSSR count). The number of carbonyl (C=O) groups is 1. The molecular weight excluding hydrogens is 232 g/mol. The number of rotatable bonds is 4. The summed E-state index contributed by atoms with van der Waals surface area (Å²) in [6.45, 7) is 3.60. The SMILES string of the molecule is COc1cccc(C(=O)N(CC#N)C(C)C)c1O. The predicted octanol–water partition coefficient (Wildman–Crippen LogP) is 1.77. The van der Waals surface area contributed by atoms with E-state index in [0.717, 1.165) is 0 Å². The van der Waals surface area contributed by atoms with E-state index < -0.39 is 0 Å². The summed E-state index contributed by atoms with van der Waals surface area (Å²) in [5.74, 6) is -0.349. The first kappa shape index (κ1) is 13.8. The number of methoxy groups -OCH3 is 1. The van der Waals surface area contributed by atoms with Crippen LogP contribution in [0.2, 0.25) is 0 Å². The molecule has 96 valence electrons. The van der Waals surface area contributed by atoms with E-state index in [1.165, 1.54) is 18.1 Å². The number of ether oxygens (including phenoxy) is 1. The minimum Gasteiger partial charge on any atom is -0.504 e. The van der Waals surface area contributed by atoms with Crippen LogP contribution in [-0.4, -0.2) is 35.6 Å². The molecule has 0 fully saturated rings. The molecule has 0 aliphatic carbocycles. The standard InChI is InChI=1S/C13H16N2O3/c1-9(2)15(8-7-14)13(17)10-5-4-6-11(18-3)12(10)16/h4-6,9,16H,8H2,1-3H3. The predicted molar refractivity (Wildman–Crippen MR) is 66.4 cm³/mol. The second-order valence-electron chi connectivity index (χ2n) is 4.04. The van der Waals surface area contributed by atoms with Crippen LogP contribution in [0, 0.1) is 11.3 Å². The van der Waals surface area contributed by atoms with Crippen molar-refractivity contribution in [3.05, 3.63) is 23.8 Å². The third-order valence-electron chi connectivity index (χ3n) is 2.57. The zero-order chi connectivity index (χ0) is 13.7. The normalized spacial score (nSPS) is 9.94. The van der Waals surface area contributed by atoms with Crippen molar-refractivity contribution >= 4 is 5.91 Å². The first-order chi connectivity index (χ1) is 8.52. The fourth-order valence-electron chi connectivity index (χ4n) is 1.58. The Morgan fingerprint density at radius 1 is 1.56 bits per heavy atom. The van der Waals surface area contributed by atoms with Crippen molar-refractivity contribution in [2.24, 2.45) is 0 Å². The average Bonchev–Trinajstić information content (AvgIpc) is 2.35. The Kier molecular flexibility index (Phi) is 4.55. The summed E-state index contributed by atoms with van der Waals surface area (Å²) >= 11 is 0. The monoisotopic (exact) mass is 248 g/mol. The maximum absolute atomic E-state index is 12.2. The molecule has 0 aromatic heterocycles. The highest BCUT2D eigenvalue weighted by atomic mass is 16.5. The smallest absolute Gasteiger partial charge is 0.258 e. The van der Waals surface area contributed by atoms with Crippen LogP contribution in [0.15, 0.2) is 18.2 Å². The molecule has 1 N–H and O–H groups in total. The summed E-state index contributed by atoms with van der Waals surface area (Å²) in [6.07, 6.45) is 0. The van der Waals surface area contributed by atoms with Gasteiger partial charge in [0.05, 0.1) is 18.7 Å².